The average Bonchev–Trinajstić information content (AvgIpc) is 2.89. The number of nitriles is 1. The summed E-state index contributed by atoms with van der Waals surface area (Å²) in [5.41, 5.74) is 4.49. The number of aryl methyl sites for hydroxylation is 3. The van der Waals surface area contributed by atoms with Crippen LogP contribution in [0.15, 0.2) is 67.0 Å². The molecule has 0 spiro atoms. The lowest BCUT2D eigenvalue weighted by Gasteiger charge is -2.09. The van der Waals surface area contributed by atoms with Gasteiger partial charge in [-0.25, -0.2) is 14.4 Å². The van der Waals surface area contributed by atoms with E-state index >= 15 is 4.39 Å². The number of hydrogen-bond acceptors (Lipinski definition) is 3. The van der Waals surface area contributed by atoms with Crippen LogP contribution in [-0.2, 0) is 19.3 Å². The van der Waals surface area contributed by atoms with Gasteiger partial charge in [-0.1, -0.05) is 69.0 Å². The highest BCUT2D eigenvalue weighted by atomic mass is 19.1. The zero-order valence-corrected chi connectivity index (χ0v) is 19.7. The zero-order chi connectivity index (χ0) is 23.8. The number of nitrogens with zero attached hydrogens (tertiary/aromatic N) is 3. The molecule has 4 aromatic rings. The first-order chi connectivity index (χ1) is 16.7. The lowest BCUT2D eigenvalue weighted by atomic mass is 9.98. The lowest BCUT2D eigenvalue weighted by molar-refractivity contribution is 0.620. The van der Waals surface area contributed by atoms with Gasteiger partial charge in [0.1, 0.15) is 5.82 Å². The molecule has 0 aliphatic rings. The van der Waals surface area contributed by atoms with E-state index < -0.39 is 0 Å². The van der Waals surface area contributed by atoms with Gasteiger partial charge in [-0.15, -0.1) is 0 Å². The molecule has 4 heteroatoms. The molecule has 34 heavy (non-hydrogen) atoms. The van der Waals surface area contributed by atoms with E-state index in [2.05, 4.69) is 23.0 Å². The fraction of sp³-hybridized carbons (Fsp3) is 0.300. The van der Waals surface area contributed by atoms with Crippen molar-refractivity contribution in [3.63, 3.8) is 0 Å². The predicted molar refractivity (Wildman–Crippen MR) is 136 cm³/mol. The minimum atomic E-state index is -0.169. The largest absolute Gasteiger partial charge is 0.236 e. The first-order valence-electron chi connectivity index (χ1n) is 12.2. The van der Waals surface area contributed by atoms with Crippen LogP contribution in [-0.4, -0.2) is 9.97 Å². The van der Waals surface area contributed by atoms with Gasteiger partial charge in [-0.05, 0) is 66.0 Å². The first-order valence-corrected chi connectivity index (χ1v) is 12.2. The van der Waals surface area contributed by atoms with Gasteiger partial charge in [0, 0.05) is 23.3 Å². The van der Waals surface area contributed by atoms with Crippen molar-refractivity contribution in [3.05, 3.63) is 95.1 Å². The van der Waals surface area contributed by atoms with Crippen LogP contribution in [0.4, 0.5) is 4.39 Å². The molecular formula is C30H30FN3. The maximum absolute atomic E-state index is 15.2. The Hall–Kier alpha value is -3.58. The number of benzene rings is 3. The van der Waals surface area contributed by atoms with Gasteiger partial charge < -0.3 is 0 Å². The fourth-order valence-electron chi connectivity index (χ4n) is 4.26. The van der Waals surface area contributed by atoms with Gasteiger partial charge in [0.05, 0.1) is 11.6 Å². The number of fused-ring (bicyclic) bond motifs is 1. The van der Waals surface area contributed by atoms with E-state index in [1.54, 1.807) is 12.1 Å². The van der Waals surface area contributed by atoms with E-state index in [1.165, 1.54) is 37.7 Å². The van der Waals surface area contributed by atoms with Crippen LogP contribution in [0.1, 0.15) is 61.3 Å². The summed E-state index contributed by atoms with van der Waals surface area (Å²) in [6.07, 6.45) is 12.5. The highest BCUT2D eigenvalue weighted by molar-refractivity contribution is 5.87. The minimum Gasteiger partial charge on any atom is -0.236 e. The van der Waals surface area contributed by atoms with Crippen molar-refractivity contribution >= 4 is 10.8 Å². The third kappa shape index (κ3) is 5.85. The molecule has 0 aliphatic heterocycles. The van der Waals surface area contributed by atoms with E-state index in [9.17, 15) is 0 Å². The Balaban J connectivity index is 1.43. The van der Waals surface area contributed by atoms with Crippen molar-refractivity contribution in [1.82, 2.24) is 9.97 Å². The number of rotatable bonds is 10. The molecule has 1 aromatic heterocycles. The molecule has 0 fully saturated rings. The number of hydrogen-bond donors (Lipinski definition) is 0. The molecule has 3 aromatic carbocycles. The molecule has 0 saturated carbocycles. The van der Waals surface area contributed by atoms with Crippen molar-refractivity contribution in [2.24, 2.45) is 0 Å². The molecule has 3 nitrogen and oxygen atoms in total. The molecule has 0 N–H and O–H groups in total. The zero-order valence-electron chi connectivity index (χ0n) is 19.7. The summed E-state index contributed by atoms with van der Waals surface area (Å²) in [7, 11) is 0. The Kier molecular flexibility index (Phi) is 7.99. The van der Waals surface area contributed by atoms with Crippen molar-refractivity contribution in [3.8, 4) is 17.5 Å². The monoisotopic (exact) mass is 451 g/mol. The van der Waals surface area contributed by atoms with Crippen molar-refractivity contribution in [1.29, 1.82) is 5.26 Å². The molecule has 1 heterocycles. The van der Waals surface area contributed by atoms with Crippen LogP contribution < -0.4 is 0 Å². The standard InChI is InChI=1S/C30H30FN3/c1-2-3-4-5-6-7-24-20-33-30(34-21-24)27-16-17-28-26(18-27)15-14-25(29(28)31)13-12-22-8-10-23(19-32)11-9-22/h8-11,14-18,20-21H,2-7,12-13H2,1H3. The van der Waals surface area contributed by atoms with E-state index in [-0.39, 0.29) is 5.82 Å². The number of aromatic nitrogens is 2. The number of unbranched alkanes of at least 4 members (excludes halogenated alkanes) is 4. The summed E-state index contributed by atoms with van der Waals surface area (Å²) in [6.45, 7) is 2.23. The minimum absolute atomic E-state index is 0.169. The highest BCUT2D eigenvalue weighted by Crippen LogP contribution is 2.27. The van der Waals surface area contributed by atoms with Gasteiger partial charge in [0.25, 0.3) is 0 Å². The summed E-state index contributed by atoms with van der Waals surface area (Å²) in [6, 6.07) is 19.1. The maximum Gasteiger partial charge on any atom is 0.159 e. The maximum atomic E-state index is 15.2. The fourth-order valence-corrected chi connectivity index (χ4v) is 4.26. The first kappa shape index (κ1) is 23.6. The van der Waals surface area contributed by atoms with Crippen LogP contribution >= 0.6 is 0 Å². The molecule has 0 radical (unpaired) electrons. The van der Waals surface area contributed by atoms with Crippen LogP contribution in [0.25, 0.3) is 22.2 Å². The van der Waals surface area contributed by atoms with Crippen LogP contribution in [0.3, 0.4) is 0 Å². The van der Waals surface area contributed by atoms with E-state index in [4.69, 9.17) is 5.26 Å². The molecule has 0 bridgehead atoms. The molecule has 0 atom stereocenters. The second kappa shape index (κ2) is 11.5. The van der Waals surface area contributed by atoms with E-state index in [1.807, 2.05) is 54.9 Å². The molecule has 0 saturated heterocycles. The topological polar surface area (TPSA) is 49.6 Å². The Morgan fingerprint density at radius 3 is 2.29 bits per heavy atom. The van der Waals surface area contributed by atoms with Crippen LogP contribution in [0, 0.1) is 17.1 Å². The van der Waals surface area contributed by atoms with Gasteiger partial charge >= 0.3 is 0 Å². The summed E-state index contributed by atoms with van der Waals surface area (Å²) >= 11 is 0. The molecule has 0 unspecified atom stereocenters. The third-order valence-electron chi connectivity index (χ3n) is 6.33. The summed E-state index contributed by atoms with van der Waals surface area (Å²) < 4.78 is 15.2. The molecule has 0 aliphatic carbocycles. The SMILES string of the molecule is CCCCCCCc1cnc(-c2ccc3c(F)c(CCc4ccc(C#N)cc4)ccc3c2)nc1. The second-order valence-electron chi connectivity index (χ2n) is 8.86. The number of halogens is 1. The third-order valence-corrected chi connectivity index (χ3v) is 6.33. The molecule has 172 valence electrons. The van der Waals surface area contributed by atoms with Crippen LogP contribution in [0.5, 0.6) is 0 Å². The average molecular weight is 452 g/mol. The van der Waals surface area contributed by atoms with Gasteiger partial charge in [0.2, 0.25) is 0 Å². The highest BCUT2D eigenvalue weighted by Gasteiger charge is 2.10. The van der Waals surface area contributed by atoms with Crippen molar-refractivity contribution < 1.29 is 4.39 Å². The van der Waals surface area contributed by atoms with Gasteiger partial charge in [-0.3, -0.25) is 0 Å². The Bertz CT molecular complexity index is 1270. The molecule has 0 amide bonds. The van der Waals surface area contributed by atoms with E-state index in [0.29, 0.717) is 28.8 Å². The van der Waals surface area contributed by atoms with E-state index in [0.717, 1.165) is 29.4 Å². The smallest absolute Gasteiger partial charge is 0.159 e. The summed E-state index contributed by atoms with van der Waals surface area (Å²) in [5.74, 6) is 0.499. The Labute approximate surface area is 201 Å². The summed E-state index contributed by atoms with van der Waals surface area (Å²) in [5, 5.41) is 10.4. The summed E-state index contributed by atoms with van der Waals surface area (Å²) in [4.78, 5) is 9.12. The molecule has 4 rings (SSSR count). The van der Waals surface area contributed by atoms with Gasteiger partial charge in [0.15, 0.2) is 5.82 Å². The Morgan fingerprint density at radius 1 is 0.794 bits per heavy atom. The van der Waals surface area contributed by atoms with Crippen molar-refractivity contribution in [2.75, 3.05) is 0 Å². The lowest BCUT2D eigenvalue weighted by Crippen LogP contribution is -1.97. The van der Waals surface area contributed by atoms with Crippen molar-refractivity contribution in [2.45, 2.75) is 58.3 Å². The second-order valence-corrected chi connectivity index (χ2v) is 8.86. The van der Waals surface area contributed by atoms with Gasteiger partial charge in [-0.2, -0.15) is 5.26 Å². The predicted octanol–water partition coefficient (Wildman–Crippen LogP) is 7.61. The molecular weight excluding hydrogens is 421 g/mol. The Morgan fingerprint density at radius 2 is 1.56 bits per heavy atom. The quantitative estimate of drug-likeness (QED) is 0.233. The van der Waals surface area contributed by atoms with Crippen LogP contribution in [0.2, 0.25) is 0 Å². The normalized spacial score (nSPS) is 11.0.